The summed E-state index contributed by atoms with van der Waals surface area (Å²) < 4.78 is 7.50. The first kappa shape index (κ1) is 25.3. The van der Waals surface area contributed by atoms with E-state index in [1.54, 1.807) is 0 Å². The van der Waals surface area contributed by atoms with Gasteiger partial charge in [-0.25, -0.2) is 0 Å². The van der Waals surface area contributed by atoms with Gasteiger partial charge in [0.05, 0.1) is 22.1 Å². The van der Waals surface area contributed by atoms with Gasteiger partial charge < -0.3 is 9.13 Å². The van der Waals surface area contributed by atoms with Crippen molar-refractivity contribution >= 4 is 96.7 Å². The minimum atomic E-state index is 1.16. The second-order valence-electron chi connectivity index (χ2n) is 12.5. The van der Waals surface area contributed by atoms with Gasteiger partial charge in [-0.15, -0.1) is 11.3 Å². The monoisotopic (exact) mass is 614 g/mol. The first-order valence-electron chi connectivity index (χ1n) is 16.1. The summed E-state index contributed by atoms with van der Waals surface area (Å²) >= 11 is 1.89. The Labute approximate surface area is 273 Å². The van der Waals surface area contributed by atoms with Crippen molar-refractivity contribution in [3.8, 4) is 11.4 Å². The summed E-state index contributed by atoms with van der Waals surface area (Å²) in [4.78, 5) is 0. The number of hydrogen-bond acceptors (Lipinski definition) is 1. The van der Waals surface area contributed by atoms with Crippen LogP contribution in [-0.4, -0.2) is 9.13 Å². The van der Waals surface area contributed by atoms with Crippen LogP contribution < -0.4 is 0 Å². The van der Waals surface area contributed by atoms with E-state index in [1.807, 2.05) is 11.3 Å². The molecule has 0 aliphatic heterocycles. The lowest BCUT2D eigenvalue weighted by Gasteiger charge is -2.12. The van der Waals surface area contributed by atoms with Crippen LogP contribution in [0.3, 0.4) is 0 Å². The molecule has 0 spiro atoms. The number of rotatable bonds is 2. The summed E-state index contributed by atoms with van der Waals surface area (Å²) in [5, 5.41) is 13.1. The van der Waals surface area contributed by atoms with E-state index in [9.17, 15) is 0 Å². The Morgan fingerprint density at radius 1 is 0.298 bits per heavy atom. The van der Waals surface area contributed by atoms with Gasteiger partial charge in [0, 0.05) is 53.1 Å². The molecule has 0 aliphatic rings. The second kappa shape index (κ2) is 9.32. The highest BCUT2D eigenvalue weighted by molar-refractivity contribution is 7.26. The maximum Gasteiger partial charge on any atom is 0.0547 e. The molecule has 218 valence electrons. The van der Waals surface area contributed by atoms with Gasteiger partial charge in [-0.2, -0.15) is 0 Å². The van der Waals surface area contributed by atoms with Crippen molar-refractivity contribution < 1.29 is 0 Å². The molecule has 2 nitrogen and oxygen atoms in total. The molecule has 0 radical (unpaired) electrons. The van der Waals surface area contributed by atoms with Gasteiger partial charge in [0.15, 0.2) is 0 Å². The maximum atomic E-state index is 2.44. The lowest BCUT2D eigenvalue weighted by molar-refractivity contribution is 1.14. The second-order valence-corrected chi connectivity index (χ2v) is 13.6. The molecule has 3 heterocycles. The number of fused-ring (bicyclic) bond motifs is 14. The highest BCUT2D eigenvalue weighted by Gasteiger charge is 2.18. The summed E-state index contributed by atoms with van der Waals surface area (Å²) in [6.07, 6.45) is 0. The summed E-state index contributed by atoms with van der Waals surface area (Å²) in [6, 6.07) is 58.1. The number of thiophene rings is 1. The zero-order valence-electron chi connectivity index (χ0n) is 25.3. The van der Waals surface area contributed by atoms with Crippen molar-refractivity contribution in [1.82, 2.24) is 9.13 Å². The van der Waals surface area contributed by atoms with Crippen molar-refractivity contribution in [3.63, 3.8) is 0 Å². The molecule has 11 rings (SSSR count). The van der Waals surface area contributed by atoms with Crippen LogP contribution in [0.5, 0.6) is 0 Å². The Balaban J connectivity index is 1.17. The van der Waals surface area contributed by atoms with Crippen molar-refractivity contribution in [2.75, 3.05) is 0 Å². The third-order valence-electron chi connectivity index (χ3n) is 10.1. The smallest absolute Gasteiger partial charge is 0.0547 e. The molecule has 47 heavy (non-hydrogen) atoms. The molecule has 0 amide bonds. The summed E-state index contributed by atoms with van der Waals surface area (Å²) in [6.45, 7) is 0. The van der Waals surface area contributed by atoms with Gasteiger partial charge in [-0.3, -0.25) is 0 Å². The lowest BCUT2D eigenvalue weighted by Crippen LogP contribution is -1.97. The molecule has 11 aromatic rings. The molecule has 8 aromatic carbocycles. The Morgan fingerprint density at radius 3 is 1.51 bits per heavy atom. The molecule has 0 unspecified atom stereocenters. The zero-order chi connectivity index (χ0) is 30.6. The molecular formula is C44H26N2S. The molecule has 3 aromatic heterocycles. The normalized spacial score (nSPS) is 12.3. The molecule has 0 bridgehead atoms. The van der Waals surface area contributed by atoms with Crippen LogP contribution in [0.1, 0.15) is 0 Å². The fraction of sp³-hybridized carbons (Fsp3) is 0. The topological polar surface area (TPSA) is 9.86 Å². The van der Waals surface area contributed by atoms with Gasteiger partial charge in [-0.1, -0.05) is 97.1 Å². The number of hydrogen-bond donors (Lipinski definition) is 0. The first-order valence-corrected chi connectivity index (χ1v) is 16.9. The van der Waals surface area contributed by atoms with Crippen LogP contribution >= 0.6 is 11.3 Å². The molecule has 0 atom stereocenters. The minimum absolute atomic E-state index is 1.16. The number of nitrogens with zero attached hydrogens (tertiary/aromatic N) is 2. The van der Waals surface area contributed by atoms with Gasteiger partial charge in [0.25, 0.3) is 0 Å². The summed E-state index contributed by atoms with van der Waals surface area (Å²) in [5.41, 5.74) is 7.22. The number of para-hydroxylation sites is 3. The molecule has 0 saturated heterocycles. The van der Waals surface area contributed by atoms with E-state index in [0.29, 0.717) is 0 Å². The van der Waals surface area contributed by atoms with Crippen molar-refractivity contribution in [3.05, 3.63) is 158 Å². The highest BCUT2D eigenvalue weighted by atomic mass is 32.1. The molecule has 0 fully saturated rings. The largest absolute Gasteiger partial charge is 0.309 e. The molecular weight excluding hydrogens is 589 g/mol. The van der Waals surface area contributed by atoms with E-state index >= 15 is 0 Å². The number of aromatic nitrogens is 2. The third-order valence-corrected chi connectivity index (χ3v) is 11.2. The SMILES string of the molecule is c1ccc2c(c1)sc1ccc3ccc4c(ccc5c4c4ccccc4n5-c4ccc(-n5c6ccccc6c6ccccc65)cc4)c3c12. The van der Waals surface area contributed by atoms with Crippen molar-refractivity contribution in [2.24, 2.45) is 0 Å². The summed E-state index contributed by atoms with van der Waals surface area (Å²) in [5.74, 6) is 0. The van der Waals surface area contributed by atoms with Gasteiger partial charge in [0.1, 0.15) is 0 Å². The van der Waals surface area contributed by atoms with Gasteiger partial charge >= 0.3 is 0 Å². The summed E-state index contributed by atoms with van der Waals surface area (Å²) in [7, 11) is 0. The van der Waals surface area contributed by atoms with Crippen LogP contribution in [0, 0.1) is 0 Å². The molecule has 0 aliphatic carbocycles. The lowest BCUT2D eigenvalue weighted by atomic mass is 9.95. The van der Waals surface area contributed by atoms with E-state index in [4.69, 9.17) is 0 Å². The minimum Gasteiger partial charge on any atom is -0.309 e. The average molecular weight is 615 g/mol. The number of benzene rings is 8. The molecule has 0 saturated carbocycles. The predicted molar refractivity (Wildman–Crippen MR) is 203 cm³/mol. The Kier molecular flexibility index (Phi) is 5.02. The highest BCUT2D eigenvalue weighted by Crippen LogP contribution is 2.44. The molecule has 3 heteroatoms. The van der Waals surface area contributed by atoms with E-state index in [-0.39, 0.29) is 0 Å². The van der Waals surface area contributed by atoms with Gasteiger partial charge in [-0.05, 0) is 82.2 Å². The fourth-order valence-corrected chi connectivity index (χ4v) is 9.26. The Bertz CT molecular complexity index is 3010. The van der Waals surface area contributed by atoms with Crippen molar-refractivity contribution in [2.45, 2.75) is 0 Å². The van der Waals surface area contributed by atoms with Crippen LogP contribution in [0.4, 0.5) is 0 Å². The van der Waals surface area contributed by atoms with Crippen molar-refractivity contribution in [1.29, 1.82) is 0 Å². The van der Waals surface area contributed by atoms with Crippen LogP contribution in [-0.2, 0) is 0 Å². The average Bonchev–Trinajstić information content (AvgIpc) is 3.79. The van der Waals surface area contributed by atoms with E-state index < -0.39 is 0 Å². The predicted octanol–water partition coefficient (Wildman–Crippen LogP) is 12.6. The maximum absolute atomic E-state index is 2.44. The van der Waals surface area contributed by atoms with Gasteiger partial charge in [0.2, 0.25) is 0 Å². The Morgan fingerprint density at radius 2 is 0.809 bits per heavy atom. The van der Waals surface area contributed by atoms with Crippen LogP contribution in [0.15, 0.2) is 158 Å². The first-order chi connectivity index (χ1) is 23.3. The van der Waals surface area contributed by atoms with E-state index in [1.165, 1.54) is 85.3 Å². The van der Waals surface area contributed by atoms with Crippen LogP contribution in [0.25, 0.3) is 96.7 Å². The standard InChI is InChI=1S/C44H26N2S/c1-5-13-36-30(9-1)31-10-2-6-14-37(31)45(36)28-19-21-29(22-20-28)46-38-15-7-3-11-34(38)43-33-23-17-27-18-26-41-44(35-12-4-8-16-40(35)47-41)42(27)32(33)24-25-39(43)46/h1-26H. The van der Waals surface area contributed by atoms with Crippen LogP contribution in [0.2, 0.25) is 0 Å². The molecule has 0 N–H and O–H groups in total. The van der Waals surface area contributed by atoms with E-state index in [2.05, 4.69) is 167 Å². The fourth-order valence-electron chi connectivity index (χ4n) is 8.14. The third kappa shape index (κ3) is 3.39. The van der Waals surface area contributed by atoms with E-state index in [0.717, 1.165) is 11.4 Å². The Hall–Kier alpha value is -5.90. The zero-order valence-corrected chi connectivity index (χ0v) is 26.1. The quantitative estimate of drug-likeness (QED) is 0.171.